The topological polar surface area (TPSA) is 35.0 Å². The lowest BCUT2D eigenvalue weighted by Crippen LogP contribution is -1.85. The molecular weight excluding hydrogens is 221 g/mol. The molecule has 0 aliphatic heterocycles. The lowest BCUT2D eigenvalue weighted by atomic mass is 10.1. The quantitative estimate of drug-likeness (QED) is 0.800. The molecule has 0 aliphatic rings. The first kappa shape index (κ1) is 11.6. The predicted octanol–water partition coefficient (Wildman–Crippen LogP) is 3.32. The zero-order chi connectivity index (χ0) is 8.10. The molecule has 1 aromatic rings. The van der Waals surface area contributed by atoms with Gasteiger partial charge in [-0.3, -0.25) is 0 Å². The van der Waals surface area contributed by atoms with E-state index in [9.17, 15) is 4.39 Å². The Balaban J connectivity index is 0.00000121. The number of aryl methyl sites for hydroxylation is 1. The second-order valence-electron chi connectivity index (χ2n) is 2.42. The molecule has 1 rings (SSSR count). The van der Waals surface area contributed by atoms with Gasteiger partial charge in [-0.15, -0.1) is 0 Å². The van der Waals surface area contributed by atoms with Crippen LogP contribution in [0.4, 0.5) is 4.39 Å². The maximum absolute atomic E-state index is 12.4. The van der Waals surface area contributed by atoms with E-state index in [0.717, 1.165) is 18.2 Å². The fourth-order valence-electron chi connectivity index (χ4n) is 0.922. The number of alkyl halides is 1. The van der Waals surface area contributed by atoms with Crippen molar-refractivity contribution in [2.24, 2.45) is 0 Å². The van der Waals surface area contributed by atoms with Gasteiger partial charge in [0.2, 0.25) is 0 Å². The highest BCUT2D eigenvalue weighted by Crippen LogP contribution is 2.05. The Morgan fingerprint density at radius 1 is 1.17 bits per heavy atom. The Labute approximate surface area is 80.7 Å². The van der Waals surface area contributed by atoms with E-state index in [1.165, 1.54) is 17.7 Å². The van der Waals surface area contributed by atoms with Gasteiger partial charge in [0.1, 0.15) is 5.82 Å². The third kappa shape index (κ3) is 3.83. The Morgan fingerprint density at radius 2 is 1.75 bits per heavy atom. The fourth-order valence-corrected chi connectivity index (χ4v) is 1.20. The van der Waals surface area contributed by atoms with Crippen LogP contribution in [-0.4, -0.2) is 5.33 Å². The maximum Gasteiger partial charge on any atom is 0.123 e. The molecule has 3 N–H and O–H groups in total. The lowest BCUT2D eigenvalue weighted by molar-refractivity contribution is 0.627. The lowest BCUT2D eigenvalue weighted by Gasteiger charge is -1.97. The minimum Gasteiger partial charge on any atom is -0.344 e. The van der Waals surface area contributed by atoms with Crippen LogP contribution >= 0.6 is 15.9 Å². The molecule has 1 nitrogen and oxygen atoms in total. The van der Waals surface area contributed by atoms with Crippen LogP contribution in [-0.2, 0) is 6.42 Å². The van der Waals surface area contributed by atoms with Crippen LogP contribution in [0.5, 0.6) is 0 Å². The minimum absolute atomic E-state index is 0. The second-order valence-corrected chi connectivity index (χ2v) is 3.21. The zero-order valence-electron chi connectivity index (χ0n) is 6.89. The largest absolute Gasteiger partial charge is 0.344 e. The summed E-state index contributed by atoms with van der Waals surface area (Å²) >= 11 is 3.35. The second kappa shape index (κ2) is 6.14. The molecule has 0 saturated heterocycles. The average molecular weight is 234 g/mol. The van der Waals surface area contributed by atoms with Gasteiger partial charge in [0.15, 0.2) is 0 Å². The van der Waals surface area contributed by atoms with E-state index in [-0.39, 0.29) is 12.0 Å². The van der Waals surface area contributed by atoms with Crippen molar-refractivity contribution in [1.29, 1.82) is 0 Å². The monoisotopic (exact) mass is 233 g/mol. The van der Waals surface area contributed by atoms with Crippen molar-refractivity contribution in [2.75, 3.05) is 5.33 Å². The summed E-state index contributed by atoms with van der Waals surface area (Å²) in [4.78, 5) is 0. The SMILES string of the molecule is Fc1ccc(CCCBr)cc1.N. The summed E-state index contributed by atoms with van der Waals surface area (Å²) in [7, 11) is 0. The van der Waals surface area contributed by atoms with Gasteiger partial charge >= 0.3 is 0 Å². The molecule has 0 heterocycles. The smallest absolute Gasteiger partial charge is 0.123 e. The highest BCUT2D eigenvalue weighted by atomic mass is 79.9. The highest BCUT2D eigenvalue weighted by Gasteiger charge is 1.92. The van der Waals surface area contributed by atoms with Gasteiger partial charge in [-0.1, -0.05) is 28.1 Å². The zero-order valence-corrected chi connectivity index (χ0v) is 8.48. The molecule has 0 atom stereocenters. The van der Waals surface area contributed by atoms with Gasteiger partial charge in [-0.05, 0) is 30.5 Å². The Morgan fingerprint density at radius 3 is 2.25 bits per heavy atom. The van der Waals surface area contributed by atoms with Crippen molar-refractivity contribution in [1.82, 2.24) is 6.15 Å². The number of hydrogen-bond acceptors (Lipinski definition) is 1. The Kier molecular flexibility index (Phi) is 5.93. The number of hydrogen-bond donors (Lipinski definition) is 1. The molecule has 12 heavy (non-hydrogen) atoms. The van der Waals surface area contributed by atoms with Crippen molar-refractivity contribution in [2.45, 2.75) is 12.8 Å². The molecule has 1 aromatic carbocycles. The summed E-state index contributed by atoms with van der Waals surface area (Å²) in [5.41, 5.74) is 1.20. The van der Waals surface area contributed by atoms with Crippen LogP contribution in [0.1, 0.15) is 12.0 Å². The van der Waals surface area contributed by atoms with Crippen LogP contribution in [0.2, 0.25) is 0 Å². The summed E-state index contributed by atoms with van der Waals surface area (Å²) < 4.78 is 12.4. The summed E-state index contributed by atoms with van der Waals surface area (Å²) in [6, 6.07) is 6.67. The van der Waals surface area contributed by atoms with Crippen molar-refractivity contribution in [3.8, 4) is 0 Å². The standard InChI is InChI=1S/C9H10BrF.H3N/c10-7-1-2-8-3-5-9(11)6-4-8;/h3-6H,1-2,7H2;1H3. The van der Waals surface area contributed by atoms with Gasteiger partial charge in [0.25, 0.3) is 0 Å². The number of benzene rings is 1. The molecule has 0 radical (unpaired) electrons. The van der Waals surface area contributed by atoms with Crippen LogP contribution in [0.15, 0.2) is 24.3 Å². The van der Waals surface area contributed by atoms with Crippen molar-refractivity contribution in [3.63, 3.8) is 0 Å². The van der Waals surface area contributed by atoms with Gasteiger partial charge < -0.3 is 6.15 Å². The first-order valence-corrected chi connectivity index (χ1v) is 4.75. The minimum atomic E-state index is -0.160. The number of halogens is 2. The predicted molar refractivity (Wildman–Crippen MR) is 53.5 cm³/mol. The van der Waals surface area contributed by atoms with Crippen molar-refractivity contribution >= 4 is 15.9 Å². The van der Waals surface area contributed by atoms with Gasteiger partial charge in [-0.2, -0.15) is 0 Å². The van der Waals surface area contributed by atoms with Gasteiger partial charge in [0.05, 0.1) is 0 Å². The van der Waals surface area contributed by atoms with Crippen LogP contribution in [0.25, 0.3) is 0 Å². The molecule has 0 aromatic heterocycles. The molecule has 0 aliphatic carbocycles. The summed E-state index contributed by atoms with van der Waals surface area (Å²) in [5, 5.41) is 1.00. The molecule has 0 fully saturated rings. The molecule has 0 spiro atoms. The van der Waals surface area contributed by atoms with Gasteiger partial charge in [0, 0.05) is 5.33 Å². The van der Waals surface area contributed by atoms with E-state index in [4.69, 9.17) is 0 Å². The average Bonchev–Trinajstić information content (AvgIpc) is 2.04. The molecule has 0 saturated carbocycles. The van der Waals surface area contributed by atoms with Crippen molar-refractivity contribution in [3.05, 3.63) is 35.6 Å². The highest BCUT2D eigenvalue weighted by molar-refractivity contribution is 9.09. The first-order valence-electron chi connectivity index (χ1n) is 3.63. The molecule has 3 heteroatoms. The van der Waals surface area contributed by atoms with Crippen LogP contribution in [0.3, 0.4) is 0 Å². The van der Waals surface area contributed by atoms with Gasteiger partial charge in [-0.25, -0.2) is 4.39 Å². The Bertz CT molecular complexity index is 210. The van der Waals surface area contributed by atoms with E-state index < -0.39 is 0 Å². The van der Waals surface area contributed by atoms with E-state index in [1.54, 1.807) is 0 Å². The van der Waals surface area contributed by atoms with Crippen LogP contribution in [0, 0.1) is 5.82 Å². The third-order valence-electron chi connectivity index (χ3n) is 1.51. The van der Waals surface area contributed by atoms with E-state index in [1.807, 2.05) is 12.1 Å². The summed E-state index contributed by atoms with van der Waals surface area (Å²) in [6.07, 6.45) is 2.12. The molecule has 68 valence electrons. The third-order valence-corrected chi connectivity index (χ3v) is 2.07. The van der Waals surface area contributed by atoms with E-state index in [2.05, 4.69) is 15.9 Å². The van der Waals surface area contributed by atoms with Crippen molar-refractivity contribution < 1.29 is 4.39 Å². The first-order chi connectivity index (χ1) is 5.33. The summed E-state index contributed by atoms with van der Waals surface area (Å²) in [6.45, 7) is 0. The summed E-state index contributed by atoms with van der Waals surface area (Å²) in [5.74, 6) is -0.160. The Hall–Kier alpha value is -0.410. The molecule has 0 unspecified atom stereocenters. The molecular formula is C9H13BrFN. The van der Waals surface area contributed by atoms with E-state index >= 15 is 0 Å². The fraction of sp³-hybridized carbons (Fsp3) is 0.333. The number of rotatable bonds is 3. The molecule has 0 amide bonds. The van der Waals surface area contributed by atoms with E-state index in [0.29, 0.717) is 0 Å². The normalized spacial score (nSPS) is 9.17. The molecule has 0 bridgehead atoms. The van der Waals surface area contributed by atoms with Crippen LogP contribution < -0.4 is 6.15 Å². The maximum atomic E-state index is 12.4.